The fourth-order valence-corrected chi connectivity index (χ4v) is 6.01. The third kappa shape index (κ3) is 5.78. The zero-order chi connectivity index (χ0) is 21.8. The minimum atomic E-state index is -5.58. The molecule has 0 bridgehead atoms. The Morgan fingerprint density at radius 3 is 2.53 bits per heavy atom. The molecule has 0 radical (unpaired) electrons. The molecule has 4 nitrogen and oxygen atoms in total. The van der Waals surface area contributed by atoms with Crippen LogP contribution in [0.3, 0.4) is 0 Å². The van der Waals surface area contributed by atoms with Crippen molar-refractivity contribution in [1.82, 2.24) is 4.98 Å². The van der Waals surface area contributed by atoms with Crippen LogP contribution in [0.4, 0.5) is 8.78 Å². The number of hydrogen-bond acceptors (Lipinski definition) is 4. The molecule has 0 atom stereocenters. The first-order valence-electron chi connectivity index (χ1n) is 9.04. The van der Waals surface area contributed by atoms with E-state index in [0.29, 0.717) is 6.42 Å². The van der Waals surface area contributed by atoms with Gasteiger partial charge < -0.3 is 9.79 Å². The van der Waals surface area contributed by atoms with Crippen molar-refractivity contribution in [2.24, 2.45) is 0 Å². The Labute approximate surface area is 190 Å². The van der Waals surface area contributed by atoms with Crippen LogP contribution in [0.25, 0.3) is 11.3 Å². The maximum atomic E-state index is 13.9. The summed E-state index contributed by atoms with van der Waals surface area (Å²) in [4.78, 5) is 22.4. The van der Waals surface area contributed by atoms with Crippen molar-refractivity contribution in [3.63, 3.8) is 0 Å². The molecule has 160 valence electrons. The van der Waals surface area contributed by atoms with Crippen LogP contribution in [0.2, 0.25) is 0 Å². The second-order valence-electron chi connectivity index (χ2n) is 6.57. The Morgan fingerprint density at radius 2 is 1.87 bits per heavy atom. The lowest BCUT2D eigenvalue weighted by molar-refractivity contribution is 0.0557. The van der Waals surface area contributed by atoms with Crippen molar-refractivity contribution in [3.8, 4) is 11.3 Å². The zero-order valence-electron chi connectivity index (χ0n) is 15.7. The Morgan fingerprint density at radius 1 is 1.13 bits per heavy atom. The molecule has 0 saturated heterocycles. The summed E-state index contributed by atoms with van der Waals surface area (Å²) in [6.07, 6.45) is 2.49. The highest BCUT2D eigenvalue weighted by atomic mass is 79.9. The number of aryl methyl sites for hydroxylation is 1. The number of unbranched alkanes of at least 4 members (excludes halogenated alkanes) is 1. The Kier molecular flexibility index (Phi) is 7.87. The molecule has 3 rings (SSSR count). The molecule has 0 saturated carbocycles. The Bertz CT molecular complexity index is 1040. The molecule has 0 aliphatic carbocycles. The molecular formula is C20H19BrF2NO3PS2. The summed E-state index contributed by atoms with van der Waals surface area (Å²) < 4.78 is 39.8. The van der Waals surface area contributed by atoms with E-state index in [1.54, 1.807) is 23.1 Å². The fourth-order valence-electron chi connectivity index (χ4n) is 2.77. The molecule has 10 heteroatoms. The van der Waals surface area contributed by atoms with Gasteiger partial charge in [-0.1, -0.05) is 70.2 Å². The van der Waals surface area contributed by atoms with Crippen molar-refractivity contribution in [1.29, 1.82) is 0 Å². The molecule has 0 unspecified atom stereocenters. The van der Waals surface area contributed by atoms with Crippen molar-refractivity contribution in [3.05, 3.63) is 69.5 Å². The van der Waals surface area contributed by atoms with Gasteiger partial charge in [0.25, 0.3) is 0 Å². The normalized spacial score (nSPS) is 12.3. The largest absolute Gasteiger partial charge is 0.399 e. The van der Waals surface area contributed by atoms with Gasteiger partial charge in [0, 0.05) is 26.7 Å². The van der Waals surface area contributed by atoms with Crippen LogP contribution in [-0.4, -0.2) is 20.5 Å². The molecule has 0 amide bonds. The van der Waals surface area contributed by atoms with Crippen LogP contribution in [0.15, 0.2) is 62.7 Å². The van der Waals surface area contributed by atoms with Gasteiger partial charge in [-0.25, -0.2) is 4.98 Å². The van der Waals surface area contributed by atoms with Crippen molar-refractivity contribution in [2.75, 3.05) is 5.75 Å². The number of thioether (sulfide) groups is 1. The maximum absolute atomic E-state index is 13.9. The predicted octanol–water partition coefficient (Wildman–Crippen LogP) is 6.91. The van der Waals surface area contributed by atoms with E-state index in [4.69, 9.17) is 9.79 Å². The number of aromatic nitrogens is 1. The SMILES string of the molecule is O=P(O)(O)C(F)(F)c1ccc(CCCCSc2nc(-c3ccccc3)cs2)cc1Br. The zero-order valence-corrected chi connectivity index (χ0v) is 19.8. The molecule has 2 N–H and O–H groups in total. The molecule has 30 heavy (non-hydrogen) atoms. The average Bonchev–Trinajstić information content (AvgIpc) is 3.16. The van der Waals surface area contributed by atoms with Gasteiger partial charge in [-0.2, -0.15) is 8.78 Å². The standard InChI is InChI=1S/C20H19BrF2NO3PS2/c21-17-12-14(9-10-16(17)20(22,23)28(25,26)27)6-4-5-11-29-19-24-18(13-30-19)15-7-2-1-3-8-15/h1-3,7-10,12-13H,4-6,11H2,(H2,25,26,27). The second-order valence-corrected chi connectivity index (χ2v) is 11.3. The molecule has 0 fully saturated rings. The first kappa shape index (κ1) is 23.6. The van der Waals surface area contributed by atoms with Crippen molar-refractivity contribution in [2.45, 2.75) is 29.3 Å². The number of rotatable bonds is 9. The van der Waals surface area contributed by atoms with E-state index in [0.717, 1.165) is 45.8 Å². The molecule has 1 aromatic heterocycles. The van der Waals surface area contributed by atoms with Gasteiger partial charge in [0.2, 0.25) is 0 Å². The summed E-state index contributed by atoms with van der Waals surface area (Å²) in [5.41, 5.74) is -2.02. The first-order valence-corrected chi connectivity index (χ1v) is 13.3. The topological polar surface area (TPSA) is 70.4 Å². The lowest BCUT2D eigenvalue weighted by Gasteiger charge is -2.19. The van der Waals surface area contributed by atoms with Gasteiger partial charge >= 0.3 is 13.3 Å². The number of thiazole rings is 1. The highest BCUT2D eigenvalue weighted by Gasteiger charge is 2.51. The van der Waals surface area contributed by atoms with Crippen LogP contribution in [0.5, 0.6) is 0 Å². The molecule has 0 aliphatic heterocycles. The van der Waals surface area contributed by atoms with Gasteiger partial charge in [-0.15, -0.1) is 11.3 Å². The second kappa shape index (κ2) is 10.0. The summed E-state index contributed by atoms with van der Waals surface area (Å²) in [7, 11) is -5.58. The number of nitrogens with zero attached hydrogens (tertiary/aromatic N) is 1. The van der Waals surface area contributed by atoms with E-state index < -0.39 is 18.8 Å². The third-order valence-corrected chi connectivity index (χ3v) is 8.10. The smallest absolute Gasteiger partial charge is 0.320 e. The predicted molar refractivity (Wildman–Crippen MR) is 121 cm³/mol. The molecule has 0 aliphatic rings. The van der Waals surface area contributed by atoms with Gasteiger partial charge in [-0.3, -0.25) is 4.57 Å². The van der Waals surface area contributed by atoms with Crippen molar-refractivity contribution >= 4 is 46.6 Å². The number of hydrogen-bond donors (Lipinski definition) is 2. The van der Waals surface area contributed by atoms with Gasteiger partial charge in [0.15, 0.2) is 4.34 Å². The summed E-state index contributed by atoms with van der Waals surface area (Å²) >= 11 is 6.33. The maximum Gasteiger partial charge on any atom is 0.399 e. The average molecular weight is 534 g/mol. The van der Waals surface area contributed by atoms with Gasteiger partial charge in [0.1, 0.15) is 0 Å². The Hall–Kier alpha value is -1.09. The summed E-state index contributed by atoms with van der Waals surface area (Å²) in [5, 5.41) is 2.05. The van der Waals surface area contributed by atoms with E-state index in [1.165, 1.54) is 12.1 Å². The van der Waals surface area contributed by atoms with E-state index in [-0.39, 0.29) is 4.47 Å². The summed E-state index contributed by atoms with van der Waals surface area (Å²) in [6, 6.07) is 14.1. The quantitative estimate of drug-likeness (QED) is 0.177. The van der Waals surface area contributed by atoms with Crippen LogP contribution in [0.1, 0.15) is 24.0 Å². The first-order chi connectivity index (χ1) is 14.2. The van der Waals surface area contributed by atoms with E-state index >= 15 is 0 Å². The van der Waals surface area contributed by atoms with E-state index in [2.05, 4.69) is 20.9 Å². The number of halogens is 3. The summed E-state index contributed by atoms with van der Waals surface area (Å²) in [6.45, 7) is 0. The highest BCUT2D eigenvalue weighted by molar-refractivity contribution is 9.10. The molecule has 0 spiro atoms. The van der Waals surface area contributed by atoms with Crippen LogP contribution in [-0.2, 0) is 16.6 Å². The molecule has 2 aromatic carbocycles. The lowest BCUT2D eigenvalue weighted by Crippen LogP contribution is -2.14. The van der Waals surface area contributed by atoms with E-state index in [1.807, 2.05) is 35.7 Å². The molecule has 3 aromatic rings. The van der Waals surface area contributed by atoms with Crippen molar-refractivity contribution < 1.29 is 23.1 Å². The van der Waals surface area contributed by atoms with Crippen LogP contribution >= 0.6 is 46.6 Å². The van der Waals surface area contributed by atoms with Gasteiger partial charge in [-0.05, 0) is 30.9 Å². The van der Waals surface area contributed by atoms with Gasteiger partial charge in [0.05, 0.1) is 5.69 Å². The monoisotopic (exact) mass is 533 g/mol. The lowest BCUT2D eigenvalue weighted by atomic mass is 10.1. The summed E-state index contributed by atoms with van der Waals surface area (Å²) in [5.74, 6) is 0.900. The Balaban J connectivity index is 1.48. The highest BCUT2D eigenvalue weighted by Crippen LogP contribution is 2.60. The van der Waals surface area contributed by atoms with Crippen LogP contribution < -0.4 is 0 Å². The fraction of sp³-hybridized carbons (Fsp3) is 0.250. The molecule has 1 heterocycles. The minimum Gasteiger partial charge on any atom is -0.320 e. The minimum absolute atomic E-state index is 0.000994. The van der Waals surface area contributed by atoms with E-state index in [9.17, 15) is 13.3 Å². The number of benzene rings is 2. The van der Waals surface area contributed by atoms with Crippen LogP contribution in [0, 0.1) is 0 Å². The number of alkyl halides is 2. The third-order valence-electron chi connectivity index (χ3n) is 4.36. The molecular weight excluding hydrogens is 515 g/mol.